The molecule has 1 aliphatic heterocycles. The van der Waals surface area contributed by atoms with Gasteiger partial charge in [-0.05, 0) is 34.0 Å². The molecule has 2 atom stereocenters. The quantitative estimate of drug-likeness (QED) is 0.401. The lowest BCUT2D eigenvalue weighted by molar-refractivity contribution is -0.121. The number of fused-ring (bicyclic) bond motifs is 2. The van der Waals surface area contributed by atoms with Crippen molar-refractivity contribution < 1.29 is 9.53 Å². The summed E-state index contributed by atoms with van der Waals surface area (Å²) in [7, 11) is -1.18. The molecule has 1 fully saturated rings. The summed E-state index contributed by atoms with van der Waals surface area (Å²) in [5.74, 6) is 0.821. The van der Waals surface area contributed by atoms with Gasteiger partial charge in [-0.3, -0.25) is 9.69 Å². The number of hydrogen-bond acceptors (Lipinski definition) is 3. The highest BCUT2D eigenvalue weighted by Gasteiger charge is 2.68. The molecule has 2 heterocycles. The zero-order chi connectivity index (χ0) is 20.1. The number of hydrogen-bond donors (Lipinski definition) is 0. The number of nitrogens with zero attached hydrogens (tertiary/aromatic N) is 2. The van der Waals surface area contributed by atoms with Crippen molar-refractivity contribution in [2.24, 2.45) is 0 Å². The fourth-order valence-electron chi connectivity index (χ4n) is 4.02. The second kappa shape index (κ2) is 7.24. The van der Waals surface area contributed by atoms with Gasteiger partial charge in [-0.2, -0.15) is 0 Å². The van der Waals surface area contributed by atoms with Crippen molar-refractivity contribution in [2.45, 2.75) is 43.4 Å². The highest BCUT2D eigenvalue weighted by molar-refractivity contribution is 9.10. The molecule has 148 valence electrons. The van der Waals surface area contributed by atoms with Crippen molar-refractivity contribution >= 4 is 47.3 Å². The second-order valence-electron chi connectivity index (χ2n) is 8.84. The average Bonchev–Trinajstić information content (AvgIpc) is 3.35. The molecule has 0 saturated heterocycles. The van der Waals surface area contributed by atoms with Crippen molar-refractivity contribution in [2.75, 3.05) is 18.2 Å². The summed E-state index contributed by atoms with van der Waals surface area (Å²) in [6.45, 7) is 7.83. The van der Waals surface area contributed by atoms with Gasteiger partial charge in [0, 0.05) is 32.4 Å². The summed E-state index contributed by atoms with van der Waals surface area (Å²) in [5.41, 5.74) is 1.39. The maximum Gasteiger partial charge on any atom is 0.241 e. The van der Waals surface area contributed by atoms with E-state index in [1.807, 2.05) is 18.2 Å². The van der Waals surface area contributed by atoms with E-state index in [-0.39, 0.29) is 18.6 Å². The van der Waals surface area contributed by atoms with Crippen LogP contribution in [-0.4, -0.2) is 32.3 Å². The summed E-state index contributed by atoms with van der Waals surface area (Å²) in [6, 6.07) is 11.2. The lowest BCUT2D eigenvalue weighted by Crippen LogP contribution is -2.35. The van der Waals surface area contributed by atoms with Crippen molar-refractivity contribution in [3.63, 3.8) is 0 Å². The maximum atomic E-state index is 13.5. The third-order valence-electron chi connectivity index (χ3n) is 5.66. The molecule has 0 bridgehead atoms. The molecule has 2 unspecified atom stereocenters. The highest BCUT2D eigenvalue weighted by atomic mass is 79.9. The number of benzene rings is 1. The standard InChI is InChI=1S/C21H24BrClN2O2Si/c1-28(2,3)10-9-27-13-25-19-17(18(23)16(22)12-24-19)21(20(25)26)11-15(21)14-7-5-4-6-8-14/h4-8,12,15H,9-11,13H2,1-3H3. The van der Waals surface area contributed by atoms with Crippen LogP contribution in [0.2, 0.25) is 30.7 Å². The van der Waals surface area contributed by atoms with E-state index >= 15 is 0 Å². The Hall–Kier alpha value is -1.21. The smallest absolute Gasteiger partial charge is 0.241 e. The topological polar surface area (TPSA) is 42.4 Å². The second-order valence-corrected chi connectivity index (χ2v) is 15.7. The molecule has 0 N–H and O–H groups in total. The third-order valence-corrected chi connectivity index (χ3v) is 8.59. The number of carbonyl (C=O) groups excluding carboxylic acids is 1. The summed E-state index contributed by atoms with van der Waals surface area (Å²) in [4.78, 5) is 19.8. The third kappa shape index (κ3) is 3.34. The van der Waals surface area contributed by atoms with Crippen LogP contribution in [0, 0.1) is 0 Å². The van der Waals surface area contributed by atoms with Crippen LogP contribution in [-0.2, 0) is 14.9 Å². The zero-order valence-electron chi connectivity index (χ0n) is 16.3. The Kier molecular flexibility index (Phi) is 5.19. The van der Waals surface area contributed by atoms with E-state index in [0.717, 1.165) is 22.5 Å². The number of pyridine rings is 1. The van der Waals surface area contributed by atoms with Crippen LogP contribution in [0.15, 0.2) is 41.0 Å². The van der Waals surface area contributed by atoms with Gasteiger partial charge in [0.15, 0.2) is 0 Å². The Morgan fingerprint density at radius 2 is 2.04 bits per heavy atom. The molecular formula is C21H24BrClN2O2Si. The zero-order valence-corrected chi connectivity index (χ0v) is 19.7. The van der Waals surface area contributed by atoms with Gasteiger partial charge >= 0.3 is 0 Å². The predicted octanol–water partition coefficient (Wildman–Crippen LogP) is 5.58. The number of aromatic nitrogens is 1. The van der Waals surface area contributed by atoms with Gasteiger partial charge in [-0.15, -0.1) is 0 Å². The number of amides is 1. The number of halogens is 2. The molecule has 1 saturated carbocycles. The Morgan fingerprint density at radius 1 is 1.32 bits per heavy atom. The van der Waals surface area contributed by atoms with Crippen molar-refractivity contribution in [3.05, 3.63) is 57.2 Å². The van der Waals surface area contributed by atoms with Gasteiger partial charge in [-0.1, -0.05) is 61.6 Å². The van der Waals surface area contributed by atoms with Gasteiger partial charge in [0.2, 0.25) is 5.91 Å². The van der Waals surface area contributed by atoms with Gasteiger partial charge < -0.3 is 4.74 Å². The van der Waals surface area contributed by atoms with E-state index in [0.29, 0.717) is 17.4 Å². The van der Waals surface area contributed by atoms with Crippen LogP contribution < -0.4 is 4.90 Å². The molecule has 4 nitrogen and oxygen atoms in total. The van der Waals surface area contributed by atoms with Gasteiger partial charge in [0.25, 0.3) is 0 Å². The van der Waals surface area contributed by atoms with Crippen molar-refractivity contribution in [3.8, 4) is 0 Å². The SMILES string of the molecule is C[Si](C)(C)CCOCN1C(=O)C2(CC2c2ccccc2)c2c1ncc(Br)c2Cl. The Labute approximate surface area is 180 Å². The molecule has 7 heteroatoms. The summed E-state index contributed by atoms with van der Waals surface area (Å²) >= 11 is 10.1. The van der Waals surface area contributed by atoms with E-state index in [4.69, 9.17) is 16.3 Å². The molecule has 1 amide bonds. The van der Waals surface area contributed by atoms with E-state index < -0.39 is 13.5 Å². The predicted molar refractivity (Wildman–Crippen MR) is 119 cm³/mol. The first-order valence-electron chi connectivity index (χ1n) is 9.55. The van der Waals surface area contributed by atoms with E-state index in [1.54, 1.807) is 11.1 Å². The lowest BCUT2D eigenvalue weighted by Gasteiger charge is -2.20. The number of ether oxygens (including phenoxy) is 1. The fraction of sp³-hybridized carbons (Fsp3) is 0.429. The van der Waals surface area contributed by atoms with Crippen LogP contribution in [0.1, 0.15) is 23.5 Å². The monoisotopic (exact) mass is 478 g/mol. The fourth-order valence-corrected chi connectivity index (χ4v) is 5.38. The minimum atomic E-state index is -1.18. The molecular weight excluding hydrogens is 456 g/mol. The molecule has 1 aromatic heterocycles. The number of carbonyl (C=O) groups is 1. The van der Waals surface area contributed by atoms with Crippen LogP contribution in [0.5, 0.6) is 0 Å². The minimum absolute atomic E-state index is 0.0526. The van der Waals surface area contributed by atoms with Gasteiger partial charge in [-0.25, -0.2) is 4.98 Å². The van der Waals surface area contributed by atoms with Crippen molar-refractivity contribution in [1.29, 1.82) is 0 Å². The highest BCUT2D eigenvalue weighted by Crippen LogP contribution is 2.67. The van der Waals surface area contributed by atoms with E-state index in [9.17, 15) is 4.79 Å². The maximum absolute atomic E-state index is 13.5. The van der Waals surface area contributed by atoms with E-state index in [2.05, 4.69) is 52.7 Å². The van der Waals surface area contributed by atoms with Crippen LogP contribution in [0.25, 0.3) is 0 Å². The molecule has 1 aromatic carbocycles. The van der Waals surface area contributed by atoms with Gasteiger partial charge in [0.1, 0.15) is 12.5 Å². The number of anilines is 1. The summed E-state index contributed by atoms with van der Waals surface area (Å²) in [5, 5.41) is 0.585. The molecule has 0 radical (unpaired) electrons. The first-order valence-corrected chi connectivity index (χ1v) is 14.4. The Morgan fingerprint density at radius 3 is 2.71 bits per heavy atom. The van der Waals surface area contributed by atoms with E-state index in [1.165, 1.54) is 5.56 Å². The number of rotatable bonds is 6. The molecule has 2 aromatic rings. The average molecular weight is 480 g/mol. The Balaban J connectivity index is 1.64. The molecule has 4 rings (SSSR count). The van der Waals surface area contributed by atoms with Crippen LogP contribution in [0.3, 0.4) is 0 Å². The molecule has 2 aliphatic rings. The largest absolute Gasteiger partial charge is 0.361 e. The van der Waals surface area contributed by atoms with Crippen LogP contribution >= 0.6 is 27.5 Å². The lowest BCUT2D eigenvalue weighted by atomic mass is 9.93. The van der Waals surface area contributed by atoms with Gasteiger partial charge in [0.05, 0.1) is 14.9 Å². The minimum Gasteiger partial charge on any atom is -0.361 e. The molecule has 1 aliphatic carbocycles. The Bertz CT molecular complexity index is 919. The normalized spacial score (nSPS) is 23.4. The summed E-state index contributed by atoms with van der Waals surface area (Å²) in [6.07, 6.45) is 2.43. The molecule has 1 spiro atoms. The molecule has 28 heavy (non-hydrogen) atoms. The van der Waals surface area contributed by atoms with Crippen molar-refractivity contribution in [1.82, 2.24) is 4.98 Å². The summed E-state index contributed by atoms with van der Waals surface area (Å²) < 4.78 is 6.62. The van der Waals surface area contributed by atoms with Crippen LogP contribution in [0.4, 0.5) is 5.82 Å². The first kappa shape index (κ1) is 20.1. The first-order chi connectivity index (χ1) is 13.3.